The molecular weight excluding hydrogens is 535 g/mol. The highest BCUT2D eigenvalue weighted by atomic mass is 19.4. The van der Waals surface area contributed by atoms with Gasteiger partial charge >= 0.3 is 18.2 Å². The van der Waals surface area contributed by atoms with Crippen molar-refractivity contribution in [2.24, 2.45) is 0 Å². The molecule has 0 bridgehead atoms. The molecule has 4 rings (SSSR count). The second kappa shape index (κ2) is 13.3. The molecule has 0 spiro atoms. The predicted molar refractivity (Wildman–Crippen MR) is 150 cm³/mol. The number of carboxylic acids is 1. The Balaban J connectivity index is 1.54. The van der Waals surface area contributed by atoms with E-state index in [1.54, 1.807) is 24.3 Å². The molecule has 3 aromatic carbocycles. The molecule has 1 saturated carbocycles. The normalized spacial score (nSPS) is 13.8. The van der Waals surface area contributed by atoms with Crippen LogP contribution in [-0.4, -0.2) is 29.6 Å². The molecule has 3 aromatic rings. The molecule has 3 N–H and O–H groups in total. The minimum Gasteiger partial charge on any atom is -0.481 e. The maximum Gasteiger partial charge on any atom is 0.416 e. The largest absolute Gasteiger partial charge is 0.481 e. The van der Waals surface area contributed by atoms with Gasteiger partial charge < -0.3 is 15.7 Å². The van der Waals surface area contributed by atoms with E-state index in [9.17, 15) is 27.6 Å². The zero-order valence-electron chi connectivity index (χ0n) is 22.4. The standard InChI is InChI=1S/C31H32F3N3O4/c32-31(33,34)25-7-4-8-26(19-25)36-30(41)37(27-15-13-23(14-16-27)22-5-2-1-3-6-22)20-21-9-11-24(12-10-21)29(40)35-18-17-28(38)39/h4,7-16,19,22H,1-3,5-6,17-18,20H2,(H,35,40)(H,36,41)(H,38,39). The topological polar surface area (TPSA) is 98.7 Å². The van der Waals surface area contributed by atoms with Crippen molar-refractivity contribution in [3.8, 4) is 0 Å². The molecule has 0 aliphatic heterocycles. The highest BCUT2D eigenvalue weighted by Gasteiger charge is 2.30. The van der Waals surface area contributed by atoms with E-state index in [0.29, 0.717) is 22.7 Å². The summed E-state index contributed by atoms with van der Waals surface area (Å²) in [5.74, 6) is -0.967. The van der Waals surface area contributed by atoms with Crippen molar-refractivity contribution < 1.29 is 32.7 Å². The number of carboxylic acid groups (broad SMARTS) is 1. The van der Waals surface area contributed by atoms with E-state index in [4.69, 9.17) is 5.11 Å². The summed E-state index contributed by atoms with van der Waals surface area (Å²) >= 11 is 0. The summed E-state index contributed by atoms with van der Waals surface area (Å²) in [4.78, 5) is 37.8. The third kappa shape index (κ3) is 8.33. The smallest absolute Gasteiger partial charge is 0.416 e. The summed E-state index contributed by atoms with van der Waals surface area (Å²) in [7, 11) is 0. The molecular formula is C31H32F3N3O4. The van der Waals surface area contributed by atoms with Gasteiger partial charge in [0.25, 0.3) is 5.91 Å². The Labute approximate surface area is 236 Å². The number of halogens is 3. The van der Waals surface area contributed by atoms with Gasteiger partial charge in [-0.05, 0) is 72.4 Å². The van der Waals surface area contributed by atoms with Crippen LogP contribution in [0.2, 0.25) is 0 Å². The van der Waals surface area contributed by atoms with Crippen molar-refractivity contribution in [1.29, 1.82) is 0 Å². The molecule has 0 heterocycles. The Bertz CT molecular complexity index is 1350. The highest BCUT2D eigenvalue weighted by molar-refractivity contribution is 6.01. The summed E-state index contributed by atoms with van der Waals surface area (Å²) in [6, 6.07) is 18.0. The van der Waals surface area contributed by atoms with Crippen molar-refractivity contribution in [2.75, 3.05) is 16.8 Å². The number of alkyl halides is 3. The van der Waals surface area contributed by atoms with Crippen LogP contribution in [0, 0.1) is 0 Å². The van der Waals surface area contributed by atoms with Crippen molar-refractivity contribution >= 4 is 29.3 Å². The van der Waals surface area contributed by atoms with Gasteiger partial charge in [-0.3, -0.25) is 14.5 Å². The number of anilines is 2. The molecule has 0 aromatic heterocycles. The van der Waals surface area contributed by atoms with Crippen molar-refractivity contribution in [2.45, 2.75) is 57.2 Å². The van der Waals surface area contributed by atoms with Crippen LogP contribution >= 0.6 is 0 Å². The minimum absolute atomic E-state index is 0.00371. The van der Waals surface area contributed by atoms with E-state index in [2.05, 4.69) is 10.6 Å². The summed E-state index contributed by atoms with van der Waals surface area (Å²) in [6.45, 7) is 0.0880. The predicted octanol–water partition coefficient (Wildman–Crippen LogP) is 7.20. The first-order valence-corrected chi connectivity index (χ1v) is 13.5. The Kier molecular flexibility index (Phi) is 9.65. The zero-order chi connectivity index (χ0) is 29.4. The molecule has 0 unspecified atom stereocenters. The number of aliphatic carboxylic acids is 1. The lowest BCUT2D eigenvalue weighted by Gasteiger charge is -2.26. The van der Waals surface area contributed by atoms with Gasteiger partial charge in [0, 0.05) is 23.5 Å². The lowest BCUT2D eigenvalue weighted by molar-refractivity contribution is -0.138. The quantitative estimate of drug-likeness (QED) is 0.255. The van der Waals surface area contributed by atoms with Crippen LogP contribution in [0.3, 0.4) is 0 Å². The molecule has 0 saturated heterocycles. The number of carbonyl (C=O) groups is 3. The number of carbonyl (C=O) groups excluding carboxylic acids is 2. The van der Waals surface area contributed by atoms with Gasteiger partial charge in [0.05, 0.1) is 18.5 Å². The summed E-state index contributed by atoms with van der Waals surface area (Å²) in [5, 5.41) is 13.9. The van der Waals surface area contributed by atoms with E-state index in [0.717, 1.165) is 25.0 Å². The van der Waals surface area contributed by atoms with Crippen LogP contribution in [0.1, 0.15) is 71.5 Å². The molecule has 0 atom stereocenters. The van der Waals surface area contributed by atoms with Gasteiger partial charge in [0.15, 0.2) is 0 Å². The van der Waals surface area contributed by atoms with Crippen molar-refractivity contribution in [3.05, 3.63) is 95.1 Å². The van der Waals surface area contributed by atoms with Crippen LogP contribution in [0.5, 0.6) is 0 Å². The molecule has 3 amide bonds. The Morgan fingerprint density at radius 1 is 0.902 bits per heavy atom. The average molecular weight is 568 g/mol. The number of amides is 3. The number of nitrogens with zero attached hydrogens (tertiary/aromatic N) is 1. The lowest BCUT2D eigenvalue weighted by Crippen LogP contribution is -2.34. The Morgan fingerprint density at radius 3 is 2.22 bits per heavy atom. The van der Waals surface area contributed by atoms with Crippen molar-refractivity contribution in [3.63, 3.8) is 0 Å². The SMILES string of the molecule is O=C(O)CCNC(=O)c1ccc(CN(C(=O)Nc2cccc(C(F)(F)F)c2)c2ccc(C3CCCCC3)cc2)cc1. The number of hydrogen-bond acceptors (Lipinski definition) is 3. The molecule has 216 valence electrons. The number of rotatable bonds is 9. The average Bonchev–Trinajstić information content (AvgIpc) is 2.96. The monoisotopic (exact) mass is 567 g/mol. The highest BCUT2D eigenvalue weighted by Crippen LogP contribution is 2.34. The Morgan fingerprint density at radius 2 is 1.59 bits per heavy atom. The molecule has 0 radical (unpaired) electrons. The second-order valence-corrected chi connectivity index (χ2v) is 10.1. The van der Waals surface area contributed by atoms with E-state index in [1.165, 1.54) is 41.9 Å². The number of hydrogen-bond donors (Lipinski definition) is 3. The molecule has 1 aliphatic carbocycles. The van der Waals surface area contributed by atoms with Crippen LogP contribution in [0.25, 0.3) is 0 Å². The number of nitrogens with one attached hydrogen (secondary N) is 2. The van der Waals surface area contributed by atoms with Crippen molar-refractivity contribution in [1.82, 2.24) is 5.32 Å². The van der Waals surface area contributed by atoms with E-state index < -0.39 is 29.6 Å². The van der Waals surface area contributed by atoms with Gasteiger partial charge in [0.2, 0.25) is 0 Å². The van der Waals surface area contributed by atoms with Crippen LogP contribution < -0.4 is 15.5 Å². The summed E-state index contributed by atoms with van der Waals surface area (Å²) in [5.41, 5.74) is 1.94. The molecule has 1 fully saturated rings. The third-order valence-corrected chi connectivity index (χ3v) is 7.15. The second-order valence-electron chi connectivity index (χ2n) is 10.1. The molecule has 10 heteroatoms. The van der Waals surface area contributed by atoms with E-state index in [1.807, 2.05) is 24.3 Å². The zero-order valence-corrected chi connectivity index (χ0v) is 22.4. The first kappa shape index (κ1) is 29.6. The van der Waals surface area contributed by atoms with Crippen LogP contribution in [0.4, 0.5) is 29.3 Å². The molecule has 1 aliphatic rings. The minimum atomic E-state index is -4.54. The summed E-state index contributed by atoms with van der Waals surface area (Å²) in [6.07, 6.45) is 1.11. The summed E-state index contributed by atoms with van der Waals surface area (Å²) < 4.78 is 39.7. The van der Waals surface area contributed by atoms with Gasteiger partial charge in [-0.2, -0.15) is 13.2 Å². The maximum absolute atomic E-state index is 13.4. The van der Waals surface area contributed by atoms with Crippen LogP contribution in [0.15, 0.2) is 72.8 Å². The van der Waals surface area contributed by atoms with Gasteiger partial charge in [-0.1, -0.05) is 49.6 Å². The van der Waals surface area contributed by atoms with Gasteiger partial charge in [-0.15, -0.1) is 0 Å². The van der Waals surface area contributed by atoms with Gasteiger partial charge in [0.1, 0.15) is 0 Å². The Hall–Kier alpha value is -4.34. The maximum atomic E-state index is 13.4. The first-order chi connectivity index (χ1) is 19.6. The number of benzene rings is 3. The fourth-order valence-electron chi connectivity index (χ4n) is 4.94. The van der Waals surface area contributed by atoms with Gasteiger partial charge in [-0.25, -0.2) is 4.79 Å². The molecule has 41 heavy (non-hydrogen) atoms. The lowest BCUT2D eigenvalue weighted by atomic mass is 9.84. The van der Waals surface area contributed by atoms with E-state index >= 15 is 0 Å². The fraction of sp³-hybridized carbons (Fsp3) is 0.323. The number of urea groups is 1. The van der Waals surface area contributed by atoms with E-state index in [-0.39, 0.29) is 25.2 Å². The molecule has 7 nitrogen and oxygen atoms in total. The third-order valence-electron chi connectivity index (χ3n) is 7.15. The fourth-order valence-corrected chi connectivity index (χ4v) is 4.94. The first-order valence-electron chi connectivity index (χ1n) is 13.5. The van der Waals surface area contributed by atoms with Crippen LogP contribution in [-0.2, 0) is 17.5 Å².